The normalized spacial score (nSPS) is 12.5. The Morgan fingerprint density at radius 1 is 1.50 bits per heavy atom. The molecule has 0 fully saturated rings. The fraction of sp³-hybridized carbons (Fsp3) is 0.214. The molecule has 1 aromatic carbocycles. The Hall–Kier alpha value is -2.07. The van der Waals surface area contributed by atoms with Crippen molar-refractivity contribution >= 4 is 16.9 Å². The number of H-pyrrole nitrogens is 1. The molecule has 0 aliphatic carbocycles. The van der Waals surface area contributed by atoms with Crippen LogP contribution in [-0.4, -0.2) is 22.1 Å². The molecule has 0 bridgehead atoms. The van der Waals surface area contributed by atoms with Crippen molar-refractivity contribution in [1.82, 2.24) is 4.98 Å². The smallest absolute Gasteiger partial charge is 0.320 e. The summed E-state index contributed by atoms with van der Waals surface area (Å²) in [5.41, 5.74) is 8.68. The van der Waals surface area contributed by atoms with Gasteiger partial charge in [0, 0.05) is 23.5 Å². The minimum absolute atomic E-state index is 0.326. The number of nitrogens with one attached hydrogen (secondary N) is 1. The summed E-state index contributed by atoms with van der Waals surface area (Å²) in [6, 6.07) is 5.10. The van der Waals surface area contributed by atoms with Gasteiger partial charge in [0.1, 0.15) is 6.04 Å². The first-order valence-corrected chi connectivity index (χ1v) is 5.80. The Labute approximate surface area is 105 Å². The van der Waals surface area contributed by atoms with Gasteiger partial charge in [-0.05, 0) is 17.5 Å². The second kappa shape index (κ2) is 5.06. The largest absolute Gasteiger partial charge is 0.480 e. The molecule has 94 valence electrons. The van der Waals surface area contributed by atoms with E-state index in [2.05, 4.69) is 11.6 Å². The highest BCUT2D eigenvalue weighted by Crippen LogP contribution is 2.23. The van der Waals surface area contributed by atoms with Gasteiger partial charge in [-0.15, -0.1) is 6.58 Å². The molecule has 1 unspecified atom stereocenters. The van der Waals surface area contributed by atoms with Crippen molar-refractivity contribution in [2.24, 2.45) is 5.73 Å². The van der Waals surface area contributed by atoms with Crippen molar-refractivity contribution in [3.8, 4) is 0 Å². The zero-order valence-electron chi connectivity index (χ0n) is 10.0. The molecule has 4 heteroatoms. The number of para-hydroxylation sites is 1. The van der Waals surface area contributed by atoms with Crippen molar-refractivity contribution in [2.45, 2.75) is 18.9 Å². The van der Waals surface area contributed by atoms with Crippen molar-refractivity contribution < 1.29 is 9.90 Å². The summed E-state index contributed by atoms with van der Waals surface area (Å²) in [6.45, 7) is 3.73. The van der Waals surface area contributed by atoms with Crippen molar-refractivity contribution in [3.05, 3.63) is 48.2 Å². The van der Waals surface area contributed by atoms with E-state index in [1.807, 2.05) is 30.5 Å². The number of nitrogens with two attached hydrogens (primary N) is 1. The molecule has 2 aromatic rings. The Bertz CT molecular complexity index is 586. The van der Waals surface area contributed by atoms with Gasteiger partial charge in [-0.1, -0.05) is 24.3 Å². The van der Waals surface area contributed by atoms with Gasteiger partial charge in [0.05, 0.1) is 0 Å². The van der Waals surface area contributed by atoms with Crippen LogP contribution in [0.4, 0.5) is 0 Å². The van der Waals surface area contributed by atoms with Crippen molar-refractivity contribution in [3.63, 3.8) is 0 Å². The molecule has 0 spiro atoms. The summed E-state index contributed by atoms with van der Waals surface area (Å²) in [7, 11) is 0. The quantitative estimate of drug-likeness (QED) is 0.702. The zero-order chi connectivity index (χ0) is 13.1. The molecule has 18 heavy (non-hydrogen) atoms. The maximum Gasteiger partial charge on any atom is 0.320 e. The Morgan fingerprint density at radius 2 is 2.28 bits per heavy atom. The number of carboxylic acids is 1. The highest BCUT2D eigenvalue weighted by Gasteiger charge is 2.15. The van der Waals surface area contributed by atoms with Crippen LogP contribution >= 0.6 is 0 Å². The van der Waals surface area contributed by atoms with E-state index in [1.54, 1.807) is 0 Å². The maximum absolute atomic E-state index is 10.8. The molecule has 0 radical (unpaired) electrons. The number of carboxylic acid groups (broad SMARTS) is 1. The number of hydrogen-bond acceptors (Lipinski definition) is 2. The molecule has 0 saturated heterocycles. The van der Waals surface area contributed by atoms with Crippen LogP contribution in [-0.2, 0) is 17.6 Å². The highest BCUT2D eigenvalue weighted by molar-refractivity contribution is 5.87. The Balaban J connectivity index is 2.39. The molecule has 2 rings (SSSR count). The zero-order valence-corrected chi connectivity index (χ0v) is 10.0. The lowest BCUT2D eigenvalue weighted by Gasteiger charge is -2.05. The molecular formula is C14H16N2O2. The molecule has 0 saturated carbocycles. The molecule has 4 nitrogen and oxygen atoms in total. The fourth-order valence-electron chi connectivity index (χ4n) is 2.09. The van der Waals surface area contributed by atoms with Crippen LogP contribution in [0.2, 0.25) is 0 Å². The predicted octanol–water partition coefficient (Wildman–Crippen LogP) is 1.85. The van der Waals surface area contributed by atoms with E-state index < -0.39 is 12.0 Å². The lowest BCUT2D eigenvalue weighted by molar-refractivity contribution is -0.138. The number of aliphatic carboxylic acids is 1. The Morgan fingerprint density at radius 3 is 2.94 bits per heavy atom. The van der Waals surface area contributed by atoms with Crippen LogP contribution in [0.15, 0.2) is 37.1 Å². The van der Waals surface area contributed by atoms with Gasteiger partial charge in [-0.2, -0.15) is 0 Å². The summed E-state index contributed by atoms with van der Waals surface area (Å²) in [5.74, 6) is -0.980. The highest BCUT2D eigenvalue weighted by atomic mass is 16.4. The van der Waals surface area contributed by atoms with Crippen LogP contribution in [0.25, 0.3) is 10.9 Å². The van der Waals surface area contributed by atoms with Gasteiger partial charge in [0.25, 0.3) is 0 Å². The lowest BCUT2D eigenvalue weighted by atomic mass is 10.0. The maximum atomic E-state index is 10.8. The van der Waals surface area contributed by atoms with Crippen LogP contribution in [0.5, 0.6) is 0 Å². The van der Waals surface area contributed by atoms with Crippen molar-refractivity contribution in [1.29, 1.82) is 0 Å². The minimum atomic E-state index is -0.980. The monoisotopic (exact) mass is 244 g/mol. The average Bonchev–Trinajstić information content (AvgIpc) is 2.74. The first kappa shape index (κ1) is 12.4. The summed E-state index contributed by atoms with van der Waals surface area (Å²) in [5, 5.41) is 9.88. The average molecular weight is 244 g/mol. The van der Waals surface area contributed by atoms with Crippen LogP contribution in [0.1, 0.15) is 11.1 Å². The second-order valence-electron chi connectivity index (χ2n) is 4.30. The summed E-state index contributed by atoms with van der Waals surface area (Å²) in [4.78, 5) is 14.0. The third kappa shape index (κ3) is 2.28. The van der Waals surface area contributed by atoms with Crippen LogP contribution in [0.3, 0.4) is 0 Å². The third-order valence-electron chi connectivity index (χ3n) is 3.01. The van der Waals surface area contributed by atoms with E-state index >= 15 is 0 Å². The first-order chi connectivity index (χ1) is 8.63. The number of allylic oxidation sites excluding steroid dienone is 1. The van der Waals surface area contributed by atoms with Gasteiger partial charge in [0.15, 0.2) is 0 Å². The molecular weight excluding hydrogens is 228 g/mol. The third-order valence-corrected chi connectivity index (χ3v) is 3.01. The van der Waals surface area contributed by atoms with E-state index in [0.29, 0.717) is 6.42 Å². The Kier molecular flexibility index (Phi) is 3.48. The number of benzene rings is 1. The molecule has 1 aromatic heterocycles. The SMILES string of the molecule is C=CCc1cccc2c(CC(N)C(=O)O)c[nH]c12. The van der Waals surface area contributed by atoms with Gasteiger partial charge < -0.3 is 15.8 Å². The number of hydrogen-bond donors (Lipinski definition) is 3. The number of aromatic amines is 1. The molecule has 1 heterocycles. The van der Waals surface area contributed by atoms with E-state index in [4.69, 9.17) is 10.8 Å². The van der Waals surface area contributed by atoms with Crippen LogP contribution < -0.4 is 5.73 Å². The van der Waals surface area contributed by atoms with Gasteiger partial charge in [0.2, 0.25) is 0 Å². The van der Waals surface area contributed by atoms with E-state index in [9.17, 15) is 4.79 Å². The van der Waals surface area contributed by atoms with Gasteiger partial charge >= 0.3 is 5.97 Å². The predicted molar refractivity (Wildman–Crippen MR) is 71.5 cm³/mol. The first-order valence-electron chi connectivity index (χ1n) is 5.80. The number of carbonyl (C=O) groups is 1. The number of fused-ring (bicyclic) bond motifs is 1. The van der Waals surface area contributed by atoms with E-state index in [-0.39, 0.29) is 0 Å². The summed E-state index contributed by atoms with van der Waals surface area (Å²) in [6.07, 6.45) is 4.79. The van der Waals surface area contributed by atoms with E-state index in [1.165, 1.54) is 0 Å². The van der Waals surface area contributed by atoms with Crippen molar-refractivity contribution in [2.75, 3.05) is 0 Å². The summed E-state index contributed by atoms with van der Waals surface area (Å²) < 4.78 is 0. The molecule has 0 aliphatic heterocycles. The molecule has 1 atom stereocenters. The van der Waals surface area contributed by atoms with E-state index in [0.717, 1.165) is 28.5 Å². The van der Waals surface area contributed by atoms with Gasteiger partial charge in [-0.25, -0.2) is 0 Å². The topological polar surface area (TPSA) is 79.1 Å². The van der Waals surface area contributed by atoms with Gasteiger partial charge in [-0.3, -0.25) is 4.79 Å². The van der Waals surface area contributed by atoms with Crippen LogP contribution in [0, 0.1) is 0 Å². The molecule has 0 amide bonds. The standard InChI is InChI=1S/C14H16N2O2/c1-2-4-9-5-3-6-11-10(8-16-13(9)11)7-12(15)14(17)18/h2-3,5-6,8,12,16H,1,4,7,15H2,(H,17,18). The molecule has 4 N–H and O–H groups in total. The second-order valence-corrected chi connectivity index (χ2v) is 4.30. The number of rotatable bonds is 5. The number of aromatic nitrogens is 1. The fourth-order valence-corrected chi connectivity index (χ4v) is 2.09. The lowest BCUT2D eigenvalue weighted by Crippen LogP contribution is -2.32. The summed E-state index contributed by atoms with van der Waals surface area (Å²) >= 11 is 0. The minimum Gasteiger partial charge on any atom is -0.480 e. The molecule has 0 aliphatic rings.